The fourth-order valence-corrected chi connectivity index (χ4v) is 3.51. The highest BCUT2D eigenvalue weighted by Gasteiger charge is 2.51. The van der Waals surface area contributed by atoms with Crippen molar-refractivity contribution in [2.24, 2.45) is 0 Å². The molecule has 2 N–H and O–H groups in total. The highest BCUT2D eigenvalue weighted by Crippen LogP contribution is 2.43. The number of benzene rings is 2. The number of nitrogens with zero attached hydrogens (tertiary/aromatic N) is 1. The second-order valence-corrected chi connectivity index (χ2v) is 5.54. The normalized spacial score (nSPS) is 23.8. The van der Waals surface area contributed by atoms with Crippen molar-refractivity contribution < 1.29 is 9.90 Å². The predicted octanol–water partition coefficient (Wildman–Crippen LogP) is 2.04. The van der Waals surface area contributed by atoms with Crippen molar-refractivity contribution in [2.45, 2.75) is 12.1 Å². The van der Waals surface area contributed by atoms with Crippen molar-refractivity contribution in [3.05, 3.63) is 65.2 Å². The highest BCUT2D eigenvalue weighted by atomic mass is 16.3. The number of phenolic OH excluding ortho intramolecular Hbond substituents is 1. The molecule has 0 bridgehead atoms. The summed E-state index contributed by atoms with van der Waals surface area (Å²) in [6.07, 6.45) is 0.944. The molecule has 4 nitrogen and oxygen atoms in total. The van der Waals surface area contributed by atoms with Gasteiger partial charge < -0.3 is 10.0 Å². The first kappa shape index (κ1) is 12.4. The number of fused-ring (bicyclic) bond motifs is 3. The molecule has 4 heteroatoms. The first-order valence-corrected chi connectivity index (χ1v) is 7.19. The smallest absolute Gasteiger partial charge is 0.256 e. The van der Waals surface area contributed by atoms with E-state index in [0.717, 1.165) is 36.2 Å². The fraction of sp³-hybridized carbons (Fsp3) is 0.235. The van der Waals surface area contributed by atoms with Crippen LogP contribution in [0.15, 0.2) is 48.5 Å². The predicted molar refractivity (Wildman–Crippen MR) is 79.0 cm³/mol. The minimum Gasteiger partial charge on any atom is -0.508 e. The van der Waals surface area contributed by atoms with Crippen molar-refractivity contribution in [3.63, 3.8) is 0 Å². The van der Waals surface area contributed by atoms with E-state index >= 15 is 0 Å². The molecule has 0 saturated carbocycles. The molecular weight excluding hydrogens is 264 g/mol. The molecule has 1 fully saturated rings. The summed E-state index contributed by atoms with van der Waals surface area (Å²) >= 11 is 0. The second-order valence-electron chi connectivity index (χ2n) is 5.54. The largest absolute Gasteiger partial charge is 0.508 e. The number of hydrogen-bond acceptors (Lipinski definition) is 3. The van der Waals surface area contributed by atoms with Crippen LogP contribution < -0.4 is 5.32 Å². The number of nitrogens with one attached hydrogen (secondary N) is 1. The van der Waals surface area contributed by atoms with Crippen molar-refractivity contribution >= 4 is 5.91 Å². The van der Waals surface area contributed by atoms with Gasteiger partial charge in [-0.2, -0.15) is 0 Å². The Labute approximate surface area is 123 Å². The lowest BCUT2D eigenvalue weighted by Crippen LogP contribution is -2.59. The molecule has 21 heavy (non-hydrogen) atoms. The minimum absolute atomic E-state index is 0.0749. The molecule has 4 rings (SSSR count). The van der Waals surface area contributed by atoms with Crippen LogP contribution in [0.2, 0.25) is 0 Å². The Morgan fingerprint density at radius 2 is 1.86 bits per heavy atom. The molecular formula is C17H16N2O2. The number of aromatic hydroxyl groups is 1. The Hall–Kier alpha value is -2.33. The Bertz CT molecular complexity index is 711. The van der Waals surface area contributed by atoms with Crippen molar-refractivity contribution in [1.29, 1.82) is 0 Å². The van der Waals surface area contributed by atoms with Crippen LogP contribution in [-0.4, -0.2) is 29.0 Å². The third kappa shape index (κ3) is 1.56. The lowest BCUT2D eigenvalue weighted by molar-refractivity contribution is 0.0457. The molecule has 0 unspecified atom stereocenters. The number of carbonyl (C=O) groups is 1. The summed E-state index contributed by atoms with van der Waals surface area (Å²) in [5, 5.41) is 13.1. The monoisotopic (exact) mass is 280 g/mol. The van der Waals surface area contributed by atoms with Gasteiger partial charge in [0.1, 0.15) is 11.4 Å². The number of amides is 1. The van der Waals surface area contributed by atoms with E-state index in [-0.39, 0.29) is 11.7 Å². The van der Waals surface area contributed by atoms with E-state index in [0.29, 0.717) is 0 Å². The van der Waals surface area contributed by atoms with Gasteiger partial charge in [-0.15, -0.1) is 0 Å². The Balaban J connectivity index is 1.98. The summed E-state index contributed by atoms with van der Waals surface area (Å²) in [4.78, 5) is 14.6. The molecule has 0 aliphatic carbocycles. The van der Waals surface area contributed by atoms with Crippen LogP contribution in [-0.2, 0) is 5.66 Å². The Morgan fingerprint density at radius 1 is 1.10 bits per heavy atom. The fourth-order valence-electron chi connectivity index (χ4n) is 3.51. The molecule has 1 atom stereocenters. The third-order valence-electron chi connectivity index (χ3n) is 4.42. The van der Waals surface area contributed by atoms with Gasteiger partial charge in [0.05, 0.1) is 0 Å². The molecule has 2 aromatic carbocycles. The lowest BCUT2D eigenvalue weighted by Gasteiger charge is -2.44. The van der Waals surface area contributed by atoms with E-state index < -0.39 is 5.66 Å². The zero-order valence-electron chi connectivity index (χ0n) is 11.5. The zero-order valence-corrected chi connectivity index (χ0v) is 11.5. The number of rotatable bonds is 1. The number of hydrogen-bond donors (Lipinski definition) is 2. The maximum atomic E-state index is 12.7. The van der Waals surface area contributed by atoms with Crippen LogP contribution in [0.5, 0.6) is 5.75 Å². The van der Waals surface area contributed by atoms with E-state index in [2.05, 4.69) is 5.32 Å². The van der Waals surface area contributed by atoms with Gasteiger partial charge in [0.2, 0.25) is 0 Å². The summed E-state index contributed by atoms with van der Waals surface area (Å²) in [6, 6.07) is 14.9. The van der Waals surface area contributed by atoms with Crippen LogP contribution in [0.1, 0.15) is 27.9 Å². The Kier molecular flexibility index (Phi) is 2.56. The average molecular weight is 280 g/mol. The SMILES string of the molecule is O=C1c2ccccc2[C@]2(c3ccc(O)cc3)NCCCN12. The van der Waals surface area contributed by atoms with Gasteiger partial charge in [0, 0.05) is 17.7 Å². The number of carbonyl (C=O) groups excluding carboxylic acids is 1. The third-order valence-corrected chi connectivity index (χ3v) is 4.42. The molecule has 2 aliphatic heterocycles. The summed E-state index contributed by atoms with van der Waals surface area (Å²) in [5.74, 6) is 0.306. The zero-order chi connectivity index (χ0) is 14.4. The van der Waals surface area contributed by atoms with Crippen LogP contribution >= 0.6 is 0 Å². The van der Waals surface area contributed by atoms with Crippen LogP contribution in [0.4, 0.5) is 0 Å². The van der Waals surface area contributed by atoms with E-state index in [9.17, 15) is 9.90 Å². The Morgan fingerprint density at radius 3 is 2.67 bits per heavy atom. The van der Waals surface area contributed by atoms with Gasteiger partial charge in [-0.3, -0.25) is 10.1 Å². The maximum Gasteiger partial charge on any atom is 0.256 e. The van der Waals surface area contributed by atoms with E-state index in [1.54, 1.807) is 12.1 Å². The summed E-state index contributed by atoms with van der Waals surface area (Å²) in [7, 11) is 0. The topological polar surface area (TPSA) is 52.6 Å². The van der Waals surface area contributed by atoms with Gasteiger partial charge in [-0.05, 0) is 36.7 Å². The molecule has 0 aromatic heterocycles. The van der Waals surface area contributed by atoms with Crippen LogP contribution in [0, 0.1) is 0 Å². The van der Waals surface area contributed by atoms with Crippen LogP contribution in [0.3, 0.4) is 0 Å². The number of phenols is 1. The molecule has 2 aliphatic rings. The van der Waals surface area contributed by atoms with Gasteiger partial charge in [0.25, 0.3) is 5.91 Å². The molecule has 0 spiro atoms. The molecule has 106 valence electrons. The standard InChI is InChI=1S/C17H16N2O2/c20-13-8-6-12(7-9-13)17-15-5-2-1-4-14(15)16(21)19(17)11-3-10-18-17/h1-2,4-9,18,20H,3,10-11H2/t17-/m1/s1. The van der Waals surface area contributed by atoms with Gasteiger partial charge in [0.15, 0.2) is 0 Å². The second kappa shape index (κ2) is 4.33. The summed E-state index contributed by atoms with van der Waals surface area (Å²) in [6.45, 7) is 1.60. The van der Waals surface area contributed by atoms with Crippen molar-refractivity contribution in [3.8, 4) is 5.75 Å². The maximum absolute atomic E-state index is 12.7. The molecule has 1 saturated heterocycles. The van der Waals surface area contributed by atoms with Crippen molar-refractivity contribution in [2.75, 3.05) is 13.1 Å². The highest BCUT2D eigenvalue weighted by molar-refractivity contribution is 6.00. The van der Waals surface area contributed by atoms with Gasteiger partial charge >= 0.3 is 0 Å². The summed E-state index contributed by atoms with van der Waals surface area (Å²) in [5.41, 5.74) is 2.15. The first-order valence-electron chi connectivity index (χ1n) is 7.19. The first-order chi connectivity index (χ1) is 10.2. The lowest BCUT2D eigenvalue weighted by atomic mass is 9.89. The quantitative estimate of drug-likeness (QED) is 0.840. The van der Waals surface area contributed by atoms with Gasteiger partial charge in [-0.25, -0.2) is 0 Å². The van der Waals surface area contributed by atoms with E-state index in [1.807, 2.05) is 41.3 Å². The van der Waals surface area contributed by atoms with Crippen molar-refractivity contribution in [1.82, 2.24) is 10.2 Å². The van der Waals surface area contributed by atoms with E-state index in [4.69, 9.17) is 0 Å². The molecule has 2 aromatic rings. The molecule has 0 radical (unpaired) electrons. The minimum atomic E-state index is -0.598. The average Bonchev–Trinajstić information content (AvgIpc) is 2.80. The van der Waals surface area contributed by atoms with Gasteiger partial charge in [-0.1, -0.05) is 30.3 Å². The summed E-state index contributed by atoms with van der Waals surface area (Å²) < 4.78 is 0. The van der Waals surface area contributed by atoms with Crippen LogP contribution in [0.25, 0.3) is 0 Å². The molecule has 1 amide bonds. The molecule has 2 heterocycles. The van der Waals surface area contributed by atoms with E-state index in [1.165, 1.54) is 0 Å².